The van der Waals surface area contributed by atoms with E-state index in [9.17, 15) is 4.79 Å². The van der Waals surface area contributed by atoms with Crippen LogP contribution in [0.1, 0.15) is 42.7 Å². The Labute approximate surface area is 112 Å². The number of hydrogen-bond acceptors (Lipinski definition) is 3. The van der Waals surface area contributed by atoms with Crippen LogP contribution in [-0.4, -0.2) is 23.4 Å². The molecule has 0 aromatic carbocycles. The maximum Gasteiger partial charge on any atom is 0.240 e. The number of carbonyl (C=O) groups is 1. The Morgan fingerprint density at radius 2 is 2.39 bits per heavy atom. The van der Waals surface area contributed by atoms with Gasteiger partial charge in [-0.2, -0.15) is 0 Å². The number of nitrogens with zero attached hydrogens (tertiary/aromatic N) is 1. The first-order valence-corrected chi connectivity index (χ1v) is 7.72. The first kappa shape index (κ1) is 12.2. The van der Waals surface area contributed by atoms with Crippen LogP contribution >= 0.6 is 11.3 Å². The van der Waals surface area contributed by atoms with Gasteiger partial charge in [0.2, 0.25) is 5.91 Å². The summed E-state index contributed by atoms with van der Waals surface area (Å²) in [6.45, 7) is 2.83. The predicted octanol–water partition coefficient (Wildman–Crippen LogP) is 2.32. The van der Waals surface area contributed by atoms with Crippen molar-refractivity contribution in [2.45, 2.75) is 44.7 Å². The van der Waals surface area contributed by atoms with E-state index >= 15 is 0 Å². The summed E-state index contributed by atoms with van der Waals surface area (Å²) in [4.78, 5) is 15.9. The van der Waals surface area contributed by atoms with E-state index in [0.29, 0.717) is 12.0 Å². The Bertz CT molecular complexity index is 452. The van der Waals surface area contributed by atoms with Gasteiger partial charge in [0.15, 0.2) is 0 Å². The third-order valence-corrected chi connectivity index (χ3v) is 5.12. The average molecular weight is 264 g/mol. The number of carbonyl (C=O) groups excluding carboxylic acids is 1. The zero-order chi connectivity index (χ0) is 12.7. The molecule has 2 N–H and O–H groups in total. The van der Waals surface area contributed by atoms with Crippen molar-refractivity contribution >= 4 is 17.2 Å². The zero-order valence-electron chi connectivity index (χ0n) is 10.8. The molecule has 2 aliphatic rings. The molecule has 18 heavy (non-hydrogen) atoms. The van der Waals surface area contributed by atoms with Gasteiger partial charge in [-0.1, -0.05) is 6.92 Å². The highest BCUT2D eigenvalue weighted by Gasteiger charge is 2.42. The molecule has 3 rings (SSSR count). The van der Waals surface area contributed by atoms with Crippen molar-refractivity contribution in [2.24, 2.45) is 11.7 Å². The van der Waals surface area contributed by atoms with Gasteiger partial charge in [-0.25, -0.2) is 0 Å². The summed E-state index contributed by atoms with van der Waals surface area (Å²) in [5.74, 6) is 0.818. The Hall–Kier alpha value is -0.870. The van der Waals surface area contributed by atoms with Gasteiger partial charge in [-0.05, 0) is 48.6 Å². The molecule has 0 saturated heterocycles. The minimum atomic E-state index is -0.327. The Kier molecular flexibility index (Phi) is 3.16. The second-order valence-electron chi connectivity index (χ2n) is 5.38. The minimum Gasteiger partial charge on any atom is -0.334 e. The maximum absolute atomic E-state index is 12.4. The molecule has 1 aromatic heterocycles. The number of thiophene rings is 1. The average Bonchev–Trinajstić information content (AvgIpc) is 3.12. The summed E-state index contributed by atoms with van der Waals surface area (Å²) in [5.41, 5.74) is 7.33. The molecule has 1 amide bonds. The van der Waals surface area contributed by atoms with E-state index in [1.54, 1.807) is 0 Å². The molecule has 1 aliphatic carbocycles. The third-order valence-electron chi connectivity index (χ3n) is 4.12. The Morgan fingerprint density at radius 3 is 3.06 bits per heavy atom. The van der Waals surface area contributed by atoms with Gasteiger partial charge in [0.05, 0.1) is 12.1 Å². The van der Waals surface area contributed by atoms with Crippen LogP contribution in [0.5, 0.6) is 0 Å². The molecule has 0 spiro atoms. The smallest absolute Gasteiger partial charge is 0.240 e. The topological polar surface area (TPSA) is 46.3 Å². The zero-order valence-corrected chi connectivity index (χ0v) is 11.6. The second-order valence-corrected chi connectivity index (χ2v) is 6.38. The van der Waals surface area contributed by atoms with Crippen molar-refractivity contribution in [1.29, 1.82) is 0 Å². The largest absolute Gasteiger partial charge is 0.334 e. The van der Waals surface area contributed by atoms with E-state index < -0.39 is 0 Å². The molecule has 0 radical (unpaired) electrons. The summed E-state index contributed by atoms with van der Waals surface area (Å²) in [6, 6.07) is 2.19. The van der Waals surface area contributed by atoms with Crippen LogP contribution in [0, 0.1) is 5.92 Å². The van der Waals surface area contributed by atoms with Gasteiger partial charge in [-0.15, -0.1) is 11.3 Å². The lowest BCUT2D eigenvalue weighted by Gasteiger charge is -2.37. The first-order chi connectivity index (χ1) is 8.72. The summed E-state index contributed by atoms with van der Waals surface area (Å²) in [7, 11) is 0. The van der Waals surface area contributed by atoms with Crippen LogP contribution in [0.3, 0.4) is 0 Å². The molecule has 1 unspecified atom stereocenters. The minimum absolute atomic E-state index is 0.145. The highest BCUT2D eigenvalue weighted by Crippen LogP contribution is 2.48. The SMILES string of the molecule is CC[C@H](N)C(=O)N1CCc2sccc2C1C1CC1. The van der Waals surface area contributed by atoms with Gasteiger partial charge in [0.1, 0.15) is 0 Å². The van der Waals surface area contributed by atoms with Gasteiger partial charge < -0.3 is 10.6 Å². The van der Waals surface area contributed by atoms with Gasteiger partial charge in [0, 0.05) is 11.4 Å². The molecule has 0 bridgehead atoms. The van der Waals surface area contributed by atoms with Crippen LogP contribution in [-0.2, 0) is 11.2 Å². The van der Waals surface area contributed by atoms with Crippen molar-refractivity contribution in [3.63, 3.8) is 0 Å². The lowest BCUT2D eigenvalue weighted by atomic mass is 9.95. The van der Waals surface area contributed by atoms with Gasteiger partial charge >= 0.3 is 0 Å². The lowest BCUT2D eigenvalue weighted by molar-refractivity contribution is -0.136. The lowest BCUT2D eigenvalue weighted by Crippen LogP contribution is -2.48. The molecular weight excluding hydrogens is 244 g/mol. The fourth-order valence-electron chi connectivity index (χ4n) is 2.90. The van der Waals surface area contributed by atoms with Crippen LogP contribution in [0.25, 0.3) is 0 Å². The van der Waals surface area contributed by atoms with Crippen molar-refractivity contribution in [3.8, 4) is 0 Å². The van der Waals surface area contributed by atoms with E-state index in [4.69, 9.17) is 5.73 Å². The Morgan fingerprint density at radius 1 is 1.61 bits per heavy atom. The van der Waals surface area contributed by atoms with Gasteiger partial charge in [0.25, 0.3) is 0 Å². The normalized spacial score (nSPS) is 24.8. The second kappa shape index (κ2) is 4.67. The number of amides is 1. The van der Waals surface area contributed by atoms with E-state index in [-0.39, 0.29) is 11.9 Å². The molecule has 1 saturated carbocycles. The molecule has 1 aliphatic heterocycles. The maximum atomic E-state index is 12.4. The van der Waals surface area contributed by atoms with Crippen LogP contribution in [0.2, 0.25) is 0 Å². The standard InChI is InChI=1S/C14H20N2OS/c1-2-11(15)14(17)16-7-5-12-10(6-8-18-12)13(16)9-3-4-9/h6,8-9,11,13H,2-5,7,15H2,1H3/t11-,13?/m0/s1. The predicted molar refractivity (Wildman–Crippen MR) is 73.5 cm³/mol. The Balaban J connectivity index is 1.89. The third kappa shape index (κ3) is 1.97. The summed E-state index contributed by atoms with van der Waals surface area (Å²) >= 11 is 1.83. The van der Waals surface area contributed by atoms with Crippen LogP contribution in [0.4, 0.5) is 0 Å². The number of hydrogen-bond donors (Lipinski definition) is 1. The van der Waals surface area contributed by atoms with Crippen molar-refractivity contribution < 1.29 is 4.79 Å². The quantitative estimate of drug-likeness (QED) is 0.910. The highest BCUT2D eigenvalue weighted by molar-refractivity contribution is 7.10. The molecule has 1 aromatic rings. The number of nitrogens with two attached hydrogens (primary N) is 1. The van der Waals surface area contributed by atoms with E-state index in [0.717, 1.165) is 19.4 Å². The molecule has 1 fully saturated rings. The summed E-state index contributed by atoms with van der Waals surface area (Å²) in [6.07, 6.45) is 4.23. The van der Waals surface area contributed by atoms with Crippen molar-refractivity contribution in [3.05, 3.63) is 21.9 Å². The summed E-state index contributed by atoms with van der Waals surface area (Å²) in [5, 5.41) is 2.16. The first-order valence-electron chi connectivity index (χ1n) is 6.84. The fourth-order valence-corrected chi connectivity index (χ4v) is 3.81. The number of rotatable bonds is 3. The van der Waals surface area contributed by atoms with Crippen molar-refractivity contribution in [1.82, 2.24) is 4.90 Å². The molecule has 4 heteroatoms. The van der Waals surface area contributed by atoms with Crippen LogP contribution in [0.15, 0.2) is 11.4 Å². The summed E-state index contributed by atoms with van der Waals surface area (Å²) < 4.78 is 0. The molecule has 3 nitrogen and oxygen atoms in total. The highest BCUT2D eigenvalue weighted by atomic mass is 32.1. The van der Waals surface area contributed by atoms with E-state index in [2.05, 4.69) is 16.3 Å². The van der Waals surface area contributed by atoms with Crippen molar-refractivity contribution in [2.75, 3.05) is 6.54 Å². The van der Waals surface area contributed by atoms with E-state index in [1.807, 2.05) is 18.3 Å². The number of fused-ring (bicyclic) bond motifs is 1. The van der Waals surface area contributed by atoms with Gasteiger partial charge in [-0.3, -0.25) is 4.79 Å². The molecule has 98 valence electrons. The monoisotopic (exact) mass is 264 g/mol. The van der Waals surface area contributed by atoms with E-state index in [1.165, 1.54) is 23.3 Å². The fraction of sp³-hybridized carbons (Fsp3) is 0.643. The molecule has 2 atom stereocenters. The molecule has 2 heterocycles. The molecular formula is C14H20N2OS. The van der Waals surface area contributed by atoms with Crippen LogP contribution < -0.4 is 5.73 Å².